The van der Waals surface area contributed by atoms with Gasteiger partial charge in [0.25, 0.3) is 0 Å². The largest absolute Gasteiger partial charge is 0.383 e. The second-order valence-corrected chi connectivity index (χ2v) is 10.6. The zero-order valence-corrected chi connectivity index (χ0v) is 24.4. The van der Waals surface area contributed by atoms with E-state index in [2.05, 4.69) is 63.7 Å². The molecule has 10 nitrogen and oxygen atoms in total. The van der Waals surface area contributed by atoms with Crippen LogP contribution in [0.25, 0.3) is 34.1 Å². The molecular weight excluding hydrogens is 543 g/mol. The molecule has 0 fully saturated rings. The molecule has 3 N–H and O–H groups in total. The number of imidazole rings is 1. The van der Waals surface area contributed by atoms with Gasteiger partial charge >= 0.3 is 0 Å². The molecule has 0 bridgehead atoms. The standard InChI is InChI=1S/C32H35FN10/c1-5-21(3)40(4)18-19-41(6-2)38-26-12-9-22-20-23(10-11-24(22)26)43-31(25-8-7-16-35-30(25)34)36-27-13-14-29(37-32(27)43)42-17-15-28(33)39-42/h5,7-8,10-11,13-17,20,26,38H,1,3,6,9,12,18-19H2,2,4H3,(H2,34,35). The molecule has 11 heteroatoms. The number of nitrogens with one attached hydrogen (secondary N) is 1. The summed E-state index contributed by atoms with van der Waals surface area (Å²) in [6.07, 6.45) is 6.91. The Morgan fingerprint density at radius 3 is 2.79 bits per heavy atom. The molecule has 1 atom stereocenters. The lowest BCUT2D eigenvalue weighted by Gasteiger charge is -2.29. The number of halogens is 1. The van der Waals surface area contributed by atoms with E-state index in [0.717, 1.165) is 43.9 Å². The summed E-state index contributed by atoms with van der Waals surface area (Å²) >= 11 is 0. The molecule has 1 aromatic carbocycles. The van der Waals surface area contributed by atoms with Crippen molar-refractivity contribution in [2.45, 2.75) is 25.8 Å². The number of pyridine rings is 2. The summed E-state index contributed by atoms with van der Waals surface area (Å²) in [6, 6.07) is 15.4. The van der Waals surface area contributed by atoms with Crippen molar-refractivity contribution in [2.75, 3.05) is 32.4 Å². The number of anilines is 1. The van der Waals surface area contributed by atoms with Crippen molar-refractivity contribution in [1.29, 1.82) is 0 Å². The Labute approximate surface area is 250 Å². The van der Waals surface area contributed by atoms with Gasteiger partial charge in [-0.25, -0.2) is 30.1 Å². The predicted molar refractivity (Wildman–Crippen MR) is 167 cm³/mol. The topological polar surface area (TPSA) is 106 Å². The first-order valence-corrected chi connectivity index (χ1v) is 14.3. The average molecular weight is 579 g/mol. The summed E-state index contributed by atoms with van der Waals surface area (Å²) in [5.74, 6) is 0.917. The number of fused-ring (bicyclic) bond motifs is 2. The fourth-order valence-corrected chi connectivity index (χ4v) is 5.52. The molecule has 4 aromatic heterocycles. The quantitative estimate of drug-likeness (QED) is 0.170. The minimum absolute atomic E-state index is 0.212. The van der Waals surface area contributed by atoms with Crippen molar-refractivity contribution in [2.24, 2.45) is 0 Å². The minimum atomic E-state index is -0.572. The van der Waals surface area contributed by atoms with Crippen molar-refractivity contribution in [1.82, 2.24) is 44.6 Å². The zero-order valence-electron chi connectivity index (χ0n) is 24.4. The second-order valence-electron chi connectivity index (χ2n) is 10.6. The van der Waals surface area contributed by atoms with Crippen molar-refractivity contribution in [3.05, 3.63) is 103 Å². The first-order chi connectivity index (χ1) is 20.9. The van der Waals surface area contributed by atoms with E-state index < -0.39 is 5.95 Å². The molecule has 43 heavy (non-hydrogen) atoms. The molecule has 0 radical (unpaired) electrons. The number of aromatic nitrogens is 6. The number of benzene rings is 1. The van der Waals surface area contributed by atoms with Crippen LogP contribution in [0.4, 0.5) is 10.2 Å². The van der Waals surface area contributed by atoms with Crippen molar-refractivity contribution in [3.8, 4) is 22.9 Å². The zero-order chi connectivity index (χ0) is 30.1. The van der Waals surface area contributed by atoms with E-state index in [1.54, 1.807) is 24.5 Å². The summed E-state index contributed by atoms with van der Waals surface area (Å²) in [7, 11) is 2.03. The van der Waals surface area contributed by atoms with Gasteiger partial charge in [-0.05, 0) is 66.4 Å². The third-order valence-electron chi connectivity index (χ3n) is 7.97. The highest BCUT2D eigenvalue weighted by Gasteiger charge is 2.26. The van der Waals surface area contributed by atoms with Crippen LogP contribution in [0.3, 0.4) is 0 Å². The predicted octanol–water partition coefficient (Wildman–Crippen LogP) is 4.83. The number of nitrogens with zero attached hydrogens (tertiary/aromatic N) is 8. The lowest BCUT2D eigenvalue weighted by Crippen LogP contribution is -2.43. The summed E-state index contributed by atoms with van der Waals surface area (Å²) < 4.78 is 17.1. The van der Waals surface area contributed by atoms with Gasteiger partial charge in [0.1, 0.15) is 11.3 Å². The van der Waals surface area contributed by atoms with Crippen LogP contribution in [-0.4, -0.2) is 65.9 Å². The summed E-state index contributed by atoms with van der Waals surface area (Å²) in [6.45, 7) is 12.6. The second kappa shape index (κ2) is 11.8. The molecule has 0 saturated carbocycles. The van der Waals surface area contributed by atoms with Gasteiger partial charge in [-0.15, -0.1) is 5.10 Å². The fraction of sp³-hybridized carbons (Fsp3) is 0.250. The highest BCUT2D eigenvalue weighted by atomic mass is 19.1. The van der Waals surface area contributed by atoms with E-state index in [1.807, 2.05) is 29.8 Å². The van der Waals surface area contributed by atoms with E-state index in [9.17, 15) is 4.39 Å². The van der Waals surface area contributed by atoms with Crippen LogP contribution in [0.1, 0.15) is 30.5 Å². The van der Waals surface area contributed by atoms with Crippen LogP contribution < -0.4 is 11.2 Å². The number of nitrogen functional groups attached to an aromatic ring is 1. The molecule has 6 rings (SSSR count). The first kappa shape index (κ1) is 28.3. The fourth-order valence-electron chi connectivity index (χ4n) is 5.52. The van der Waals surface area contributed by atoms with Crippen LogP contribution in [-0.2, 0) is 6.42 Å². The van der Waals surface area contributed by atoms with Gasteiger partial charge in [-0.1, -0.05) is 26.1 Å². The molecule has 0 spiro atoms. The molecule has 4 heterocycles. The number of nitrogens with two attached hydrogens (primary N) is 1. The SMILES string of the molecule is C=CC(=C)N(C)CCN(CC)NC1CCc2cc(-n3c(-c4cccnc4N)nc4ccc(-n5ccc(F)n5)nc43)ccc21. The number of hydrogen-bond acceptors (Lipinski definition) is 8. The lowest BCUT2D eigenvalue weighted by atomic mass is 10.1. The maximum atomic E-state index is 13.7. The Kier molecular flexibility index (Phi) is 7.75. The number of hydrazine groups is 1. The lowest BCUT2D eigenvalue weighted by molar-refractivity contribution is 0.152. The van der Waals surface area contributed by atoms with Crippen molar-refractivity contribution in [3.63, 3.8) is 0 Å². The molecule has 220 valence electrons. The minimum Gasteiger partial charge on any atom is -0.383 e. The van der Waals surface area contributed by atoms with Crippen molar-refractivity contribution >= 4 is 17.0 Å². The molecule has 1 aliphatic rings. The van der Waals surface area contributed by atoms with Crippen LogP contribution in [0.5, 0.6) is 0 Å². The average Bonchev–Trinajstić information content (AvgIpc) is 3.74. The van der Waals surface area contributed by atoms with Gasteiger partial charge in [-0.3, -0.25) is 4.57 Å². The Balaban J connectivity index is 1.36. The van der Waals surface area contributed by atoms with E-state index in [-0.39, 0.29) is 6.04 Å². The van der Waals surface area contributed by atoms with Crippen LogP contribution in [0.2, 0.25) is 0 Å². The van der Waals surface area contributed by atoms with Gasteiger partial charge < -0.3 is 10.6 Å². The Morgan fingerprint density at radius 1 is 1.19 bits per heavy atom. The van der Waals surface area contributed by atoms with Crippen molar-refractivity contribution < 1.29 is 4.39 Å². The number of aryl methyl sites for hydroxylation is 1. The number of likely N-dealkylation sites (N-methyl/N-ethyl adjacent to an activating group) is 2. The van der Waals surface area contributed by atoms with E-state index in [4.69, 9.17) is 15.7 Å². The van der Waals surface area contributed by atoms with Crippen LogP contribution >= 0.6 is 0 Å². The third-order valence-corrected chi connectivity index (χ3v) is 7.97. The monoisotopic (exact) mass is 578 g/mol. The molecule has 1 aliphatic carbocycles. The Hall–Kier alpha value is -4.87. The molecule has 0 aliphatic heterocycles. The van der Waals surface area contributed by atoms with Crippen LogP contribution in [0, 0.1) is 5.95 Å². The van der Waals surface area contributed by atoms with Gasteiger partial charge in [0.15, 0.2) is 17.3 Å². The Morgan fingerprint density at radius 2 is 2.05 bits per heavy atom. The molecule has 5 aromatic rings. The molecule has 0 amide bonds. The van der Waals surface area contributed by atoms with Crippen LogP contribution in [0.15, 0.2) is 85.9 Å². The maximum Gasteiger partial charge on any atom is 0.233 e. The summed E-state index contributed by atoms with van der Waals surface area (Å²) in [4.78, 5) is 16.2. The van der Waals surface area contributed by atoms with E-state index in [0.29, 0.717) is 34.2 Å². The number of rotatable bonds is 11. The Bertz CT molecular complexity index is 1810. The van der Waals surface area contributed by atoms with Gasteiger partial charge in [0.2, 0.25) is 5.95 Å². The molecule has 0 saturated heterocycles. The third kappa shape index (κ3) is 5.52. The number of hydrogen-bond donors (Lipinski definition) is 2. The maximum absolute atomic E-state index is 13.7. The first-order valence-electron chi connectivity index (χ1n) is 14.3. The number of allylic oxidation sites excluding steroid dienone is 1. The summed E-state index contributed by atoms with van der Waals surface area (Å²) in [5, 5.41) is 6.16. The van der Waals surface area contributed by atoms with E-state index >= 15 is 0 Å². The van der Waals surface area contributed by atoms with Gasteiger partial charge in [-0.2, -0.15) is 4.39 Å². The molecular formula is C32H35FN10. The molecule has 1 unspecified atom stereocenters. The van der Waals surface area contributed by atoms with E-state index in [1.165, 1.54) is 21.9 Å². The smallest absolute Gasteiger partial charge is 0.233 e. The van der Waals surface area contributed by atoms with Gasteiger partial charge in [0, 0.05) is 62.6 Å². The normalized spacial score (nSPS) is 14.4. The summed E-state index contributed by atoms with van der Waals surface area (Å²) in [5.41, 5.74) is 16.4. The van der Waals surface area contributed by atoms with Gasteiger partial charge in [0.05, 0.1) is 5.56 Å². The highest BCUT2D eigenvalue weighted by molar-refractivity contribution is 5.83. The highest BCUT2D eigenvalue weighted by Crippen LogP contribution is 2.36.